The summed E-state index contributed by atoms with van der Waals surface area (Å²) in [6, 6.07) is 16.1. The largest absolute Gasteiger partial charge is 0.462 e. The summed E-state index contributed by atoms with van der Waals surface area (Å²) in [7, 11) is 0. The molecule has 0 bridgehead atoms. The van der Waals surface area contributed by atoms with Crippen LogP contribution in [-0.4, -0.2) is 41.2 Å². The van der Waals surface area contributed by atoms with Crippen molar-refractivity contribution >= 4 is 40.7 Å². The van der Waals surface area contributed by atoms with Crippen LogP contribution in [0.25, 0.3) is 0 Å². The van der Waals surface area contributed by atoms with Crippen LogP contribution in [0.1, 0.15) is 44.5 Å². The second kappa shape index (κ2) is 10.0. The summed E-state index contributed by atoms with van der Waals surface area (Å²) in [5, 5.41) is 1.91. The van der Waals surface area contributed by atoms with Gasteiger partial charge in [-0.05, 0) is 61.7 Å². The first-order chi connectivity index (χ1) is 16.4. The number of hydrogen-bond acceptors (Lipinski definition) is 6. The lowest BCUT2D eigenvalue weighted by Crippen LogP contribution is -2.45. The minimum Gasteiger partial charge on any atom is -0.462 e. The Morgan fingerprint density at radius 3 is 2.47 bits per heavy atom. The topological polar surface area (TPSA) is 84.0 Å². The van der Waals surface area contributed by atoms with Gasteiger partial charge in [-0.1, -0.05) is 23.8 Å². The Labute approximate surface area is 201 Å². The van der Waals surface area contributed by atoms with Crippen molar-refractivity contribution in [1.82, 2.24) is 4.90 Å². The van der Waals surface area contributed by atoms with E-state index in [0.29, 0.717) is 16.8 Å². The van der Waals surface area contributed by atoms with E-state index in [4.69, 9.17) is 4.74 Å². The average Bonchev–Trinajstić information content (AvgIpc) is 3.44. The number of carbonyl (C=O) groups is 4. The third kappa shape index (κ3) is 4.77. The van der Waals surface area contributed by atoms with E-state index in [1.54, 1.807) is 25.1 Å². The van der Waals surface area contributed by atoms with Gasteiger partial charge in [-0.25, -0.2) is 9.69 Å². The number of amides is 3. The SMILES string of the molecule is CCOC(=O)c1ccc(N2C(=O)CC(N(Cc3cccs3)C(=O)c3cccc(C)c3)C2=O)cc1. The van der Waals surface area contributed by atoms with E-state index >= 15 is 0 Å². The summed E-state index contributed by atoms with van der Waals surface area (Å²) in [5.74, 6) is -1.64. The molecule has 7 nitrogen and oxygen atoms in total. The first-order valence-corrected chi connectivity index (χ1v) is 11.8. The van der Waals surface area contributed by atoms with Crippen molar-refractivity contribution in [1.29, 1.82) is 0 Å². The van der Waals surface area contributed by atoms with Gasteiger partial charge in [-0.2, -0.15) is 0 Å². The highest BCUT2D eigenvalue weighted by molar-refractivity contribution is 7.09. The Morgan fingerprint density at radius 2 is 1.82 bits per heavy atom. The third-order valence-electron chi connectivity index (χ3n) is 5.57. The maximum absolute atomic E-state index is 13.5. The predicted molar refractivity (Wildman–Crippen MR) is 129 cm³/mol. The number of hydrogen-bond donors (Lipinski definition) is 0. The molecule has 2 heterocycles. The smallest absolute Gasteiger partial charge is 0.338 e. The van der Waals surface area contributed by atoms with Gasteiger partial charge < -0.3 is 9.64 Å². The molecule has 0 saturated carbocycles. The van der Waals surface area contributed by atoms with Gasteiger partial charge in [0.25, 0.3) is 11.8 Å². The van der Waals surface area contributed by atoms with Crippen LogP contribution in [0.15, 0.2) is 66.0 Å². The van der Waals surface area contributed by atoms with Crippen LogP contribution in [0, 0.1) is 6.92 Å². The molecule has 4 rings (SSSR count). The fraction of sp³-hybridized carbons (Fsp3) is 0.231. The molecule has 0 spiro atoms. The molecule has 0 N–H and O–H groups in total. The summed E-state index contributed by atoms with van der Waals surface area (Å²) in [6.45, 7) is 4.09. The Balaban J connectivity index is 1.62. The normalized spacial score (nSPS) is 15.5. The van der Waals surface area contributed by atoms with Gasteiger partial charge in [0.1, 0.15) is 6.04 Å². The quantitative estimate of drug-likeness (QED) is 0.377. The predicted octanol–water partition coefficient (Wildman–Crippen LogP) is 4.21. The molecule has 8 heteroatoms. The molecule has 1 saturated heterocycles. The maximum Gasteiger partial charge on any atom is 0.338 e. The number of aryl methyl sites for hydroxylation is 1. The Kier molecular flexibility index (Phi) is 6.88. The number of ether oxygens (including phenoxy) is 1. The fourth-order valence-electron chi connectivity index (χ4n) is 3.93. The third-order valence-corrected chi connectivity index (χ3v) is 6.43. The summed E-state index contributed by atoms with van der Waals surface area (Å²) >= 11 is 1.49. The molecule has 1 fully saturated rings. The molecule has 1 atom stereocenters. The monoisotopic (exact) mass is 476 g/mol. The van der Waals surface area contributed by atoms with E-state index in [1.807, 2.05) is 30.5 Å². The van der Waals surface area contributed by atoms with Crippen molar-refractivity contribution in [3.05, 3.63) is 87.6 Å². The van der Waals surface area contributed by atoms with Crippen molar-refractivity contribution in [3.8, 4) is 0 Å². The first kappa shape index (κ1) is 23.4. The summed E-state index contributed by atoms with van der Waals surface area (Å²) in [5.41, 5.74) is 2.08. The summed E-state index contributed by atoms with van der Waals surface area (Å²) < 4.78 is 4.98. The van der Waals surface area contributed by atoms with Crippen LogP contribution in [0.4, 0.5) is 5.69 Å². The standard InChI is InChI=1S/C26H24N2O5S/c1-3-33-26(32)18-9-11-20(12-10-18)28-23(29)15-22(25(28)31)27(16-21-8-5-13-34-21)24(30)19-7-4-6-17(2)14-19/h4-14,22H,3,15-16H2,1-2H3. The molecular weight excluding hydrogens is 452 g/mol. The number of benzene rings is 2. The highest BCUT2D eigenvalue weighted by atomic mass is 32.1. The van der Waals surface area contributed by atoms with E-state index in [9.17, 15) is 19.2 Å². The molecule has 34 heavy (non-hydrogen) atoms. The van der Waals surface area contributed by atoms with Crippen molar-refractivity contribution in [2.75, 3.05) is 11.5 Å². The molecule has 0 aliphatic carbocycles. The molecular formula is C26H24N2O5S. The van der Waals surface area contributed by atoms with Gasteiger partial charge >= 0.3 is 5.97 Å². The van der Waals surface area contributed by atoms with E-state index in [2.05, 4.69) is 0 Å². The number of carbonyl (C=O) groups excluding carboxylic acids is 4. The molecule has 1 unspecified atom stereocenters. The molecule has 0 radical (unpaired) electrons. The second-order valence-electron chi connectivity index (χ2n) is 7.94. The molecule has 3 amide bonds. The van der Waals surface area contributed by atoms with E-state index in [0.717, 1.165) is 15.3 Å². The highest BCUT2D eigenvalue weighted by Gasteiger charge is 2.44. The lowest BCUT2D eigenvalue weighted by molar-refractivity contribution is -0.122. The van der Waals surface area contributed by atoms with Gasteiger partial charge in [0.15, 0.2) is 0 Å². The first-order valence-electron chi connectivity index (χ1n) is 10.9. The van der Waals surface area contributed by atoms with Crippen LogP contribution in [0.3, 0.4) is 0 Å². The molecule has 174 valence electrons. The Hall–Kier alpha value is -3.78. The van der Waals surface area contributed by atoms with Crippen LogP contribution in [0.2, 0.25) is 0 Å². The molecule has 3 aromatic rings. The zero-order valence-corrected chi connectivity index (χ0v) is 19.7. The van der Waals surface area contributed by atoms with Crippen LogP contribution in [-0.2, 0) is 20.9 Å². The van der Waals surface area contributed by atoms with E-state index < -0.39 is 23.8 Å². The van der Waals surface area contributed by atoms with Gasteiger partial charge in [0.05, 0.1) is 30.8 Å². The summed E-state index contributed by atoms with van der Waals surface area (Å²) in [6.07, 6.45) is -0.110. The molecule has 2 aromatic carbocycles. The number of thiophene rings is 1. The van der Waals surface area contributed by atoms with Gasteiger partial charge in [-0.3, -0.25) is 14.4 Å². The number of nitrogens with zero attached hydrogens (tertiary/aromatic N) is 2. The van der Waals surface area contributed by atoms with E-state index in [1.165, 1.54) is 40.5 Å². The van der Waals surface area contributed by atoms with Crippen molar-refractivity contribution in [2.24, 2.45) is 0 Å². The van der Waals surface area contributed by atoms with Crippen molar-refractivity contribution in [2.45, 2.75) is 32.9 Å². The van der Waals surface area contributed by atoms with Crippen LogP contribution in [0.5, 0.6) is 0 Å². The molecule has 1 aliphatic heterocycles. The zero-order valence-electron chi connectivity index (χ0n) is 18.9. The fourth-order valence-corrected chi connectivity index (χ4v) is 4.63. The van der Waals surface area contributed by atoms with Gasteiger partial charge in [0.2, 0.25) is 5.91 Å². The zero-order chi connectivity index (χ0) is 24.2. The number of anilines is 1. The minimum absolute atomic E-state index is 0.110. The van der Waals surface area contributed by atoms with Crippen molar-refractivity contribution < 1.29 is 23.9 Å². The number of esters is 1. The molecule has 1 aromatic heterocycles. The van der Waals surface area contributed by atoms with Gasteiger partial charge in [-0.15, -0.1) is 11.3 Å². The van der Waals surface area contributed by atoms with Crippen LogP contribution >= 0.6 is 11.3 Å². The maximum atomic E-state index is 13.5. The lowest BCUT2D eigenvalue weighted by Gasteiger charge is -2.27. The number of rotatable bonds is 7. The average molecular weight is 477 g/mol. The van der Waals surface area contributed by atoms with Crippen LogP contribution < -0.4 is 4.90 Å². The Morgan fingerprint density at radius 1 is 1.06 bits per heavy atom. The summed E-state index contributed by atoms with van der Waals surface area (Å²) in [4.78, 5) is 55.2. The highest BCUT2D eigenvalue weighted by Crippen LogP contribution is 2.29. The molecule has 1 aliphatic rings. The Bertz CT molecular complexity index is 1220. The minimum atomic E-state index is -0.924. The lowest BCUT2D eigenvalue weighted by atomic mass is 10.1. The van der Waals surface area contributed by atoms with Crippen molar-refractivity contribution in [3.63, 3.8) is 0 Å². The van der Waals surface area contributed by atoms with E-state index in [-0.39, 0.29) is 25.5 Å². The number of imide groups is 1. The van der Waals surface area contributed by atoms with Gasteiger partial charge in [0, 0.05) is 10.4 Å². The second-order valence-corrected chi connectivity index (χ2v) is 8.97.